The first kappa shape index (κ1) is 20.2. The van der Waals surface area contributed by atoms with Gasteiger partial charge >= 0.3 is 6.18 Å². The van der Waals surface area contributed by atoms with E-state index in [4.69, 9.17) is 5.73 Å². The van der Waals surface area contributed by atoms with E-state index in [2.05, 4.69) is 30.7 Å². The van der Waals surface area contributed by atoms with Crippen molar-refractivity contribution in [3.8, 4) is 0 Å². The zero-order valence-electron chi connectivity index (χ0n) is 14.4. The van der Waals surface area contributed by atoms with Crippen molar-refractivity contribution >= 4 is 6.21 Å². The average Bonchev–Trinajstić information content (AvgIpc) is 2.44. The summed E-state index contributed by atoms with van der Waals surface area (Å²) < 4.78 is 38.1. The van der Waals surface area contributed by atoms with Crippen LogP contribution in [-0.2, 0) is 0 Å². The van der Waals surface area contributed by atoms with Crippen molar-refractivity contribution < 1.29 is 13.2 Å². The molecule has 0 amide bonds. The van der Waals surface area contributed by atoms with Crippen LogP contribution in [0.5, 0.6) is 0 Å². The Balaban J connectivity index is 2.47. The molecule has 0 heterocycles. The summed E-state index contributed by atoms with van der Waals surface area (Å²) in [6.07, 6.45) is -0.651. The highest BCUT2D eigenvalue weighted by atomic mass is 19.4. The number of alkyl halides is 3. The molecule has 0 aliphatic heterocycles. The van der Waals surface area contributed by atoms with Crippen molar-refractivity contribution in [2.45, 2.75) is 64.7 Å². The van der Waals surface area contributed by atoms with E-state index in [0.29, 0.717) is 31.2 Å². The molecular formula is C17H30F3N3. The Kier molecular flexibility index (Phi) is 7.74. The third-order valence-electron chi connectivity index (χ3n) is 4.44. The number of nitrogens with two attached hydrogens (primary N) is 1. The molecule has 1 fully saturated rings. The minimum Gasteiger partial charge on any atom is -0.323 e. The molecule has 3 nitrogen and oxygen atoms in total. The Labute approximate surface area is 137 Å². The van der Waals surface area contributed by atoms with Gasteiger partial charge in [-0.2, -0.15) is 13.2 Å². The highest BCUT2D eigenvalue weighted by Gasteiger charge is 2.41. The zero-order valence-corrected chi connectivity index (χ0v) is 14.4. The molecule has 0 aromatic rings. The van der Waals surface area contributed by atoms with Crippen LogP contribution in [-0.4, -0.2) is 31.0 Å². The second-order valence-electron chi connectivity index (χ2n) is 7.02. The number of nitrogens with one attached hydrogen (secondary N) is 1. The van der Waals surface area contributed by atoms with Crippen molar-refractivity contribution in [3.05, 3.63) is 12.3 Å². The van der Waals surface area contributed by atoms with E-state index in [-0.39, 0.29) is 24.9 Å². The van der Waals surface area contributed by atoms with E-state index in [1.807, 2.05) is 6.92 Å². The fraction of sp³-hybridized carbons (Fsp3) is 0.824. The van der Waals surface area contributed by atoms with Gasteiger partial charge in [-0.3, -0.25) is 4.99 Å². The summed E-state index contributed by atoms with van der Waals surface area (Å²) in [4.78, 5) is 4.30. The van der Waals surface area contributed by atoms with Crippen LogP contribution in [0.3, 0.4) is 0 Å². The maximum atomic E-state index is 12.7. The third kappa shape index (κ3) is 7.04. The Morgan fingerprint density at radius 1 is 1.26 bits per heavy atom. The van der Waals surface area contributed by atoms with Crippen LogP contribution in [0.2, 0.25) is 0 Å². The molecule has 1 saturated carbocycles. The SMILES string of the molecule is C=C(N=CC(C)N)[C@@H](NCC1CCC(C(F)(F)F)CC1)C(C)C. The summed E-state index contributed by atoms with van der Waals surface area (Å²) in [7, 11) is 0. The normalized spacial score (nSPS) is 25.7. The topological polar surface area (TPSA) is 50.4 Å². The van der Waals surface area contributed by atoms with E-state index >= 15 is 0 Å². The van der Waals surface area contributed by atoms with Crippen LogP contribution >= 0.6 is 0 Å². The minimum atomic E-state index is -4.04. The summed E-state index contributed by atoms with van der Waals surface area (Å²) in [5.41, 5.74) is 6.38. The molecule has 1 rings (SSSR count). The molecule has 0 saturated heterocycles. The molecule has 0 aromatic carbocycles. The van der Waals surface area contributed by atoms with Gasteiger partial charge in [-0.1, -0.05) is 20.4 Å². The number of nitrogens with zero attached hydrogens (tertiary/aromatic N) is 1. The summed E-state index contributed by atoms with van der Waals surface area (Å²) in [5.74, 6) is -0.524. The Hall–Kier alpha value is -0.880. The second-order valence-corrected chi connectivity index (χ2v) is 7.02. The standard InChI is InChI=1S/C17H30F3N3/c1-11(2)16(13(4)22-9-12(3)21)23-10-14-5-7-15(8-6-14)17(18,19)20/h9,11-12,14-16,23H,4-8,10,21H2,1-3H3/t12?,14?,15?,16-/m0/s1. The fourth-order valence-corrected chi connectivity index (χ4v) is 3.02. The van der Waals surface area contributed by atoms with Gasteiger partial charge in [-0.05, 0) is 51.0 Å². The maximum Gasteiger partial charge on any atom is 0.391 e. The summed E-state index contributed by atoms with van der Waals surface area (Å²) in [6, 6.07) is -0.109. The van der Waals surface area contributed by atoms with Crippen molar-refractivity contribution in [2.75, 3.05) is 6.54 Å². The van der Waals surface area contributed by atoms with E-state index < -0.39 is 12.1 Å². The first-order valence-corrected chi connectivity index (χ1v) is 8.40. The average molecular weight is 333 g/mol. The lowest BCUT2D eigenvalue weighted by Crippen LogP contribution is -2.39. The van der Waals surface area contributed by atoms with E-state index in [1.54, 1.807) is 6.21 Å². The van der Waals surface area contributed by atoms with Gasteiger partial charge in [0.1, 0.15) is 0 Å². The van der Waals surface area contributed by atoms with Gasteiger partial charge in [0.25, 0.3) is 0 Å². The van der Waals surface area contributed by atoms with E-state index in [9.17, 15) is 13.2 Å². The molecule has 23 heavy (non-hydrogen) atoms. The number of rotatable bonds is 7. The number of hydrogen-bond acceptors (Lipinski definition) is 3. The van der Waals surface area contributed by atoms with Crippen LogP contribution in [0.25, 0.3) is 0 Å². The molecule has 1 aliphatic carbocycles. The summed E-state index contributed by atoms with van der Waals surface area (Å²) in [6.45, 7) is 10.7. The molecular weight excluding hydrogens is 303 g/mol. The summed E-state index contributed by atoms with van der Waals surface area (Å²) in [5, 5.41) is 3.43. The lowest BCUT2D eigenvalue weighted by molar-refractivity contribution is -0.183. The molecule has 0 spiro atoms. The number of aliphatic imine (C=N–C) groups is 1. The van der Waals surface area contributed by atoms with Gasteiger partial charge in [-0.25, -0.2) is 0 Å². The molecule has 0 aromatic heterocycles. The van der Waals surface area contributed by atoms with Crippen molar-refractivity contribution in [3.63, 3.8) is 0 Å². The molecule has 1 unspecified atom stereocenters. The third-order valence-corrected chi connectivity index (χ3v) is 4.44. The molecule has 2 atom stereocenters. The Morgan fingerprint density at radius 2 is 1.83 bits per heavy atom. The van der Waals surface area contributed by atoms with E-state index in [0.717, 1.165) is 5.70 Å². The van der Waals surface area contributed by atoms with Gasteiger partial charge in [-0.15, -0.1) is 0 Å². The van der Waals surface area contributed by atoms with Gasteiger partial charge in [0.2, 0.25) is 0 Å². The minimum absolute atomic E-state index is 0.0188. The Bertz CT molecular complexity index is 394. The molecule has 1 aliphatic rings. The van der Waals surface area contributed by atoms with Crippen LogP contribution in [0, 0.1) is 17.8 Å². The lowest BCUT2D eigenvalue weighted by atomic mass is 9.81. The Morgan fingerprint density at radius 3 is 2.26 bits per heavy atom. The van der Waals surface area contributed by atoms with Gasteiger partial charge in [0.05, 0.1) is 17.7 Å². The number of hydrogen-bond donors (Lipinski definition) is 2. The largest absolute Gasteiger partial charge is 0.391 e. The van der Waals surface area contributed by atoms with Crippen LogP contribution in [0.15, 0.2) is 17.3 Å². The highest BCUT2D eigenvalue weighted by Crippen LogP contribution is 2.39. The van der Waals surface area contributed by atoms with Crippen LogP contribution in [0.4, 0.5) is 13.2 Å². The second kappa shape index (κ2) is 8.83. The smallest absolute Gasteiger partial charge is 0.323 e. The molecule has 134 valence electrons. The van der Waals surface area contributed by atoms with Gasteiger partial charge in [0.15, 0.2) is 0 Å². The zero-order chi connectivity index (χ0) is 17.6. The predicted octanol–water partition coefficient (Wildman–Crippen LogP) is 3.90. The molecule has 0 radical (unpaired) electrons. The quantitative estimate of drug-likeness (QED) is 0.694. The van der Waals surface area contributed by atoms with Crippen molar-refractivity contribution in [2.24, 2.45) is 28.5 Å². The molecule has 6 heteroatoms. The lowest BCUT2D eigenvalue weighted by Gasteiger charge is -2.31. The molecule has 3 N–H and O–H groups in total. The van der Waals surface area contributed by atoms with Gasteiger partial charge in [0, 0.05) is 12.3 Å². The van der Waals surface area contributed by atoms with Crippen molar-refractivity contribution in [1.29, 1.82) is 0 Å². The maximum absolute atomic E-state index is 12.7. The monoisotopic (exact) mass is 333 g/mol. The van der Waals surface area contributed by atoms with Crippen LogP contribution in [0.1, 0.15) is 46.5 Å². The predicted molar refractivity (Wildman–Crippen MR) is 89.4 cm³/mol. The van der Waals surface area contributed by atoms with Crippen molar-refractivity contribution in [1.82, 2.24) is 5.32 Å². The highest BCUT2D eigenvalue weighted by molar-refractivity contribution is 5.64. The fourth-order valence-electron chi connectivity index (χ4n) is 3.02. The van der Waals surface area contributed by atoms with Crippen LogP contribution < -0.4 is 11.1 Å². The first-order chi connectivity index (χ1) is 10.6. The molecule has 0 bridgehead atoms. The van der Waals surface area contributed by atoms with Gasteiger partial charge < -0.3 is 11.1 Å². The van der Waals surface area contributed by atoms with E-state index in [1.165, 1.54) is 0 Å². The summed E-state index contributed by atoms with van der Waals surface area (Å²) >= 11 is 0. The number of halogens is 3. The first-order valence-electron chi connectivity index (χ1n) is 8.40.